The molecule has 0 saturated carbocycles. The normalized spacial score (nSPS) is 11.5. The molecule has 0 aliphatic rings. The van der Waals surface area contributed by atoms with E-state index >= 15 is 0 Å². The third kappa shape index (κ3) is 42.7. The second kappa shape index (κ2) is 41.8. The van der Waals surface area contributed by atoms with Crippen molar-refractivity contribution in [1.29, 1.82) is 0 Å². The van der Waals surface area contributed by atoms with E-state index in [4.69, 9.17) is 9.84 Å². The Morgan fingerprint density at radius 1 is 0.396 bits per heavy atom. The molecule has 0 spiro atoms. The summed E-state index contributed by atoms with van der Waals surface area (Å²) < 4.78 is 5.44. The lowest BCUT2D eigenvalue weighted by atomic mass is 10.0. The van der Waals surface area contributed by atoms with Gasteiger partial charge in [0.05, 0.1) is 6.61 Å². The Bertz CT molecular complexity index is 673. The Morgan fingerprint density at radius 3 is 1.04 bits per heavy atom. The van der Waals surface area contributed by atoms with Crippen molar-refractivity contribution >= 4 is 11.9 Å². The van der Waals surface area contributed by atoms with Gasteiger partial charge in [0.25, 0.3) is 0 Å². The molecule has 0 aromatic heterocycles. The standard InChI is InChI=1S/C44H84O4/c1-2-3-4-5-6-7-25-29-32-35-38-41-44(47)48-42-39-36-33-30-27-24-22-20-18-16-14-12-10-8-9-11-13-15-17-19-21-23-26-28-31-34-37-40-43(45)46/h5-6H,2-4,7-42H2,1H3,(H,45,46)/b6-5-. The first-order valence-electron chi connectivity index (χ1n) is 21.7. The first kappa shape index (κ1) is 46.7. The van der Waals surface area contributed by atoms with E-state index in [1.165, 1.54) is 199 Å². The Hall–Kier alpha value is -1.32. The molecular formula is C44H84O4. The molecule has 0 unspecified atom stereocenters. The molecule has 0 aliphatic heterocycles. The predicted molar refractivity (Wildman–Crippen MR) is 209 cm³/mol. The zero-order valence-corrected chi connectivity index (χ0v) is 32.4. The summed E-state index contributed by atoms with van der Waals surface area (Å²) in [7, 11) is 0. The second-order valence-electron chi connectivity index (χ2n) is 14.8. The summed E-state index contributed by atoms with van der Waals surface area (Å²) in [6.07, 6.45) is 52.6. The SMILES string of the molecule is CCCC/C=C\CCCCCCCC(=O)OCCCCCCCCCCCCCCCCCCCCCCCCCCCCCC(=O)O. The van der Waals surface area contributed by atoms with Gasteiger partial charge in [-0.25, -0.2) is 0 Å². The fraction of sp³-hybridized carbons (Fsp3) is 0.909. The molecule has 284 valence electrons. The van der Waals surface area contributed by atoms with Crippen LogP contribution in [0.5, 0.6) is 0 Å². The van der Waals surface area contributed by atoms with Gasteiger partial charge in [0.1, 0.15) is 0 Å². The predicted octanol–water partition coefficient (Wildman–Crippen LogP) is 15.0. The van der Waals surface area contributed by atoms with Crippen LogP contribution in [0.15, 0.2) is 12.2 Å². The van der Waals surface area contributed by atoms with Gasteiger partial charge in [0.15, 0.2) is 0 Å². The molecule has 0 aromatic carbocycles. The van der Waals surface area contributed by atoms with Gasteiger partial charge < -0.3 is 9.84 Å². The number of carboxylic acids is 1. The number of ether oxygens (including phenoxy) is 1. The lowest BCUT2D eigenvalue weighted by molar-refractivity contribution is -0.144. The summed E-state index contributed by atoms with van der Waals surface area (Å²) in [5.41, 5.74) is 0. The number of carbonyl (C=O) groups is 2. The number of rotatable bonds is 41. The Balaban J connectivity index is 3.14. The quantitative estimate of drug-likeness (QED) is 0.0398. The van der Waals surface area contributed by atoms with Gasteiger partial charge in [0.2, 0.25) is 0 Å². The maximum Gasteiger partial charge on any atom is 0.305 e. The average molecular weight is 677 g/mol. The van der Waals surface area contributed by atoms with Crippen LogP contribution in [-0.4, -0.2) is 23.7 Å². The molecule has 1 N–H and O–H groups in total. The van der Waals surface area contributed by atoms with Crippen molar-refractivity contribution in [2.45, 2.75) is 251 Å². The van der Waals surface area contributed by atoms with Crippen molar-refractivity contribution in [3.05, 3.63) is 12.2 Å². The molecule has 0 bridgehead atoms. The first-order chi connectivity index (χ1) is 23.7. The molecule has 0 rings (SSSR count). The van der Waals surface area contributed by atoms with Gasteiger partial charge >= 0.3 is 11.9 Å². The van der Waals surface area contributed by atoms with E-state index in [0.29, 0.717) is 19.4 Å². The summed E-state index contributed by atoms with van der Waals surface area (Å²) >= 11 is 0. The maximum absolute atomic E-state index is 11.9. The van der Waals surface area contributed by atoms with Crippen LogP contribution in [0, 0.1) is 0 Å². The Labute approximate surface area is 300 Å². The van der Waals surface area contributed by atoms with E-state index in [2.05, 4.69) is 19.1 Å². The minimum Gasteiger partial charge on any atom is -0.481 e. The average Bonchev–Trinajstić information content (AvgIpc) is 3.08. The van der Waals surface area contributed by atoms with Gasteiger partial charge in [-0.2, -0.15) is 0 Å². The first-order valence-corrected chi connectivity index (χ1v) is 21.7. The van der Waals surface area contributed by atoms with Gasteiger partial charge in [-0.1, -0.05) is 212 Å². The number of esters is 1. The second-order valence-corrected chi connectivity index (χ2v) is 14.8. The van der Waals surface area contributed by atoms with E-state index in [1.54, 1.807) is 0 Å². The monoisotopic (exact) mass is 677 g/mol. The molecule has 0 radical (unpaired) electrons. The third-order valence-electron chi connectivity index (χ3n) is 9.94. The number of hydrogen-bond acceptors (Lipinski definition) is 3. The highest BCUT2D eigenvalue weighted by atomic mass is 16.5. The molecule has 4 heteroatoms. The zero-order chi connectivity index (χ0) is 34.9. The minimum absolute atomic E-state index is 0.00893. The van der Waals surface area contributed by atoms with Crippen molar-refractivity contribution in [2.24, 2.45) is 0 Å². The van der Waals surface area contributed by atoms with E-state index < -0.39 is 5.97 Å². The van der Waals surface area contributed by atoms with Crippen LogP contribution in [0.25, 0.3) is 0 Å². The van der Waals surface area contributed by atoms with E-state index in [9.17, 15) is 9.59 Å². The van der Waals surface area contributed by atoms with Crippen LogP contribution in [0.4, 0.5) is 0 Å². The fourth-order valence-electron chi connectivity index (χ4n) is 6.68. The topological polar surface area (TPSA) is 63.6 Å². The van der Waals surface area contributed by atoms with E-state index in [-0.39, 0.29) is 5.97 Å². The molecule has 0 saturated heterocycles. The van der Waals surface area contributed by atoms with Crippen LogP contribution < -0.4 is 0 Å². The molecular weight excluding hydrogens is 592 g/mol. The highest BCUT2D eigenvalue weighted by Crippen LogP contribution is 2.16. The number of carboxylic acid groups (broad SMARTS) is 1. The summed E-state index contributed by atoms with van der Waals surface area (Å²) in [4.78, 5) is 22.4. The van der Waals surface area contributed by atoms with Gasteiger partial charge in [0, 0.05) is 12.8 Å². The van der Waals surface area contributed by atoms with Gasteiger partial charge in [-0.3, -0.25) is 9.59 Å². The highest BCUT2D eigenvalue weighted by molar-refractivity contribution is 5.69. The minimum atomic E-state index is -0.654. The fourth-order valence-corrected chi connectivity index (χ4v) is 6.68. The molecule has 48 heavy (non-hydrogen) atoms. The maximum atomic E-state index is 11.9. The highest BCUT2D eigenvalue weighted by Gasteiger charge is 2.03. The van der Waals surface area contributed by atoms with Crippen molar-refractivity contribution in [3.8, 4) is 0 Å². The molecule has 0 amide bonds. The third-order valence-corrected chi connectivity index (χ3v) is 9.94. The van der Waals surface area contributed by atoms with Crippen molar-refractivity contribution < 1.29 is 19.4 Å². The Morgan fingerprint density at radius 2 is 0.688 bits per heavy atom. The number of aliphatic carboxylic acids is 1. The smallest absolute Gasteiger partial charge is 0.305 e. The number of unbranched alkanes of at least 4 members (excludes halogenated alkanes) is 33. The van der Waals surface area contributed by atoms with Crippen LogP contribution in [0.1, 0.15) is 251 Å². The van der Waals surface area contributed by atoms with Crippen LogP contribution >= 0.6 is 0 Å². The van der Waals surface area contributed by atoms with E-state index in [1.807, 2.05) is 0 Å². The lowest BCUT2D eigenvalue weighted by Crippen LogP contribution is -2.05. The van der Waals surface area contributed by atoms with Gasteiger partial charge in [-0.15, -0.1) is 0 Å². The summed E-state index contributed by atoms with van der Waals surface area (Å²) in [6.45, 7) is 2.86. The number of allylic oxidation sites excluding steroid dienone is 2. The molecule has 0 fully saturated rings. The van der Waals surface area contributed by atoms with Gasteiger partial charge in [-0.05, 0) is 38.5 Å². The Kier molecular flexibility index (Phi) is 40.7. The largest absolute Gasteiger partial charge is 0.481 e. The van der Waals surface area contributed by atoms with Crippen LogP contribution in [0.2, 0.25) is 0 Å². The van der Waals surface area contributed by atoms with Crippen molar-refractivity contribution in [2.75, 3.05) is 6.61 Å². The number of carbonyl (C=O) groups excluding carboxylic acids is 1. The molecule has 4 nitrogen and oxygen atoms in total. The van der Waals surface area contributed by atoms with Crippen LogP contribution in [0.3, 0.4) is 0 Å². The molecule has 0 heterocycles. The van der Waals surface area contributed by atoms with Crippen LogP contribution in [-0.2, 0) is 14.3 Å². The van der Waals surface area contributed by atoms with Crippen molar-refractivity contribution in [3.63, 3.8) is 0 Å². The summed E-state index contributed by atoms with van der Waals surface area (Å²) in [5, 5.41) is 8.65. The zero-order valence-electron chi connectivity index (χ0n) is 32.4. The summed E-state index contributed by atoms with van der Waals surface area (Å²) in [5.74, 6) is -0.645. The molecule has 0 aromatic rings. The molecule has 0 atom stereocenters. The van der Waals surface area contributed by atoms with E-state index in [0.717, 1.165) is 32.1 Å². The summed E-state index contributed by atoms with van der Waals surface area (Å²) in [6, 6.07) is 0. The molecule has 0 aliphatic carbocycles. The lowest BCUT2D eigenvalue weighted by Gasteiger charge is -2.06. The van der Waals surface area contributed by atoms with Crippen molar-refractivity contribution in [1.82, 2.24) is 0 Å². The number of hydrogen-bond donors (Lipinski definition) is 1.